The van der Waals surface area contributed by atoms with Crippen molar-refractivity contribution in [1.29, 1.82) is 0 Å². The van der Waals surface area contributed by atoms with E-state index in [1.807, 2.05) is 53.1 Å². The first-order valence-electron chi connectivity index (χ1n) is 5.17. The quantitative estimate of drug-likeness (QED) is 0.701. The van der Waals surface area contributed by atoms with Crippen LogP contribution in [0.2, 0.25) is 0 Å². The lowest BCUT2D eigenvalue weighted by atomic mass is 10.3. The predicted molar refractivity (Wildman–Crippen MR) is 68.0 cm³/mol. The van der Waals surface area contributed by atoms with Crippen molar-refractivity contribution < 1.29 is 0 Å². The molecule has 0 radical (unpaired) electrons. The summed E-state index contributed by atoms with van der Waals surface area (Å²) in [7, 11) is 0. The Bertz CT molecular complexity index is 662. The van der Waals surface area contributed by atoms with Gasteiger partial charge in [-0.2, -0.15) is 0 Å². The van der Waals surface area contributed by atoms with Gasteiger partial charge in [-0.15, -0.1) is 10.2 Å². The van der Waals surface area contributed by atoms with Crippen LogP contribution in [-0.4, -0.2) is 14.6 Å². The first-order chi connectivity index (χ1) is 8.34. The molecular formula is C12H10N4S. The van der Waals surface area contributed by atoms with E-state index in [2.05, 4.69) is 10.2 Å². The third-order valence-electron chi connectivity index (χ3n) is 2.40. The van der Waals surface area contributed by atoms with E-state index in [1.54, 1.807) is 0 Å². The van der Waals surface area contributed by atoms with Crippen LogP contribution in [0, 0.1) is 0 Å². The van der Waals surface area contributed by atoms with Gasteiger partial charge in [-0.25, -0.2) is 0 Å². The van der Waals surface area contributed by atoms with Gasteiger partial charge in [0.25, 0.3) is 0 Å². The van der Waals surface area contributed by atoms with Crippen LogP contribution in [0.1, 0.15) is 0 Å². The van der Waals surface area contributed by atoms with E-state index in [-0.39, 0.29) is 0 Å². The topological polar surface area (TPSA) is 56.2 Å². The number of para-hydroxylation sites is 1. The Morgan fingerprint density at radius 1 is 1.00 bits per heavy atom. The van der Waals surface area contributed by atoms with E-state index in [4.69, 9.17) is 5.73 Å². The molecule has 4 nitrogen and oxygen atoms in total. The molecule has 0 aliphatic carbocycles. The average molecular weight is 242 g/mol. The lowest BCUT2D eigenvalue weighted by Gasteiger charge is -2.02. The van der Waals surface area contributed by atoms with Gasteiger partial charge in [0, 0.05) is 16.8 Å². The lowest BCUT2D eigenvalue weighted by molar-refractivity contribution is 0.921. The van der Waals surface area contributed by atoms with Crippen LogP contribution in [0.5, 0.6) is 0 Å². The van der Waals surface area contributed by atoms with Gasteiger partial charge < -0.3 is 5.73 Å². The fourth-order valence-electron chi connectivity index (χ4n) is 1.56. The molecule has 1 aromatic carbocycles. The normalized spacial score (nSPS) is 10.8. The fourth-order valence-corrected chi connectivity index (χ4v) is 2.42. The molecule has 0 unspecified atom stereocenters. The Hall–Kier alpha value is -2.01. The average Bonchev–Trinajstić information content (AvgIpc) is 2.76. The van der Waals surface area contributed by atoms with Crippen LogP contribution in [-0.2, 0) is 0 Å². The van der Waals surface area contributed by atoms with Gasteiger partial charge in [0.05, 0.1) is 0 Å². The maximum atomic E-state index is 5.90. The smallest absolute Gasteiger partial charge is 0.200 e. The summed E-state index contributed by atoms with van der Waals surface area (Å²) in [5, 5.41) is 9.07. The Kier molecular flexibility index (Phi) is 2.45. The SMILES string of the molecule is Nc1ccccc1Sc1nnc2ccccn12. The predicted octanol–water partition coefficient (Wildman–Crippen LogP) is 2.46. The second-order valence-corrected chi connectivity index (χ2v) is 4.56. The zero-order valence-electron chi connectivity index (χ0n) is 8.95. The minimum absolute atomic E-state index is 0.755. The minimum Gasteiger partial charge on any atom is -0.398 e. The fraction of sp³-hybridized carbons (Fsp3) is 0. The van der Waals surface area contributed by atoms with E-state index >= 15 is 0 Å². The van der Waals surface area contributed by atoms with Gasteiger partial charge in [0.1, 0.15) is 0 Å². The van der Waals surface area contributed by atoms with Crippen LogP contribution in [0.3, 0.4) is 0 Å². The van der Waals surface area contributed by atoms with Crippen LogP contribution in [0.25, 0.3) is 5.65 Å². The van der Waals surface area contributed by atoms with Crippen LogP contribution < -0.4 is 5.73 Å². The van der Waals surface area contributed by atoms with Crippen LogP contribution in [0.15, 0.2) is 58.7 Å². The molecule has 2 aromatic heterocycles. The van der Waals surface area contributed by atoms with E-state index in [1.165, 1.54) is 11.8 Å². The third kappa shape index (κ3) is 1.85. The molecule has 0 aliphatic heterocycles. The minimum atomic E-state index is 0.755. The largest absolute Gasteiger partial charge is 0.398 e. The van der Waals surface area contributed by atoms with E-state index in [0.29, 0.717) is 0 Å². The number of nitrogens with zero attached hydrogens (tertiary/aromatic N) is 3. The van der Waals surface area contributed by atoms with Gasteiger partial charge in [0.15, 0.2) is 10.8 Å². The molecule has 0 aliphatic rings. The number of nitrogens with two attached hydrogens (primary N) is 1. The second-order valence-electron chi connectivity index (χ2n) is 3.55. The van der Waals surface area contributed by atoms with Crippen molar-refractivity contribution in [3.8, 4) is 0 Å². The first kappa shape index (κ1) is 10.2. The highest BCUT2D eigenvalue weighted by atomic mass is 32.2. The van der Waals surface area contributed by atoms with E-state index in [0.717, 1.165) is 21.4 Å². The molecule has 0 bridgehead atoms. The zero-order chi connectivity index (χ0) is 11.7. The van der Waals surface area contributed by atoms with Gasteiger partial charge in [-0.05, 0) is 36.0 Å². The molecule has 84 valence electrons. The number of hydrogen-bond acceptors (Lipinski definition) is 4. The molecule has 0 atom stereocenters. The monoisotopic (exact) mass is 242 g/mol. The highest BCUT2D eigenvalue weighted by Crippen LogP contribution is 2.30. The van der Waals surface area contributed by atoms with Gasteiger partial charge in [-0.1, -0.05) is 18.2 Å². The van der Waals surface area contributed by atoms with Crippen molar-refractivity contribution in [1.82, 2.24) is 14.6 Å². The molecule has 0 saturated carbocycles. The van der Waals surface area contributed by atoms with Crippen molar-refractivity contribution in [2.45, 2.75) is 10.1 Å². The first-order valence-corrected chi connectivity index (χ1v) is 5.98. The molecule has 3 rings (SSSR count). The Morgan fingerprint density at radius 3 is 2.71 bits per heavy atom. The molecule has 0 saturated heterocycles. The summed E-state index contributed by atoms with van der Waals surface area (Å²) in [6, 6.07) is 13.5. The maximum absolute atomic E-state index is 5.90. The molecule has 2 heterocycles. The van der Waals surface area contributed by atoms with Crippen molar-refractivity contribution in [2.24, 2.45) is 0 Å². The molecular weight excluding hydrogens is 232 g/mol. The number of benzene rings is 1. The number of pyridine rings is 1. The number of anilines is 1. The molecule has 0 amide bonds. The van der Waals surface area contributed by atoms with Crippen LogP contribution in [0.4, 0.5) is 5.69 Å². The number of aromatic nitrogens is 3. The second kappa shape index (κ2) is 4.10. The summed E-state index contributed by atoms with van der Waals surface area (Å²) in [5.74, 6) is 0. The van der Waals surface area contributed by atoms with Crippen LogP contribution >= 0.6 is 11.8 Å². The van der Waals surface area contributed by atoms with E-state index in [9.17, 15) is 0 Å². The molecule has 2 N–H and O–H groups in total. The highest BCUT2D eigenvalue weighted by molar-refractivity contribution is 7.99. The van der Waals surface area contributed by atoms with E-state index < -0.39 is 0 Å². The number of hydrogen-bond donors (Lipinski definition) is 1. The standard InChI is InChI=1S/C12H10N4S/c13-9-5-1-2-6-10(9)17-12-15-14-11-7-3-4-8-16(11)12/h1-8H,13H2. The maximum Gasteiger partial charge on any atom is 0.200 e. The number of fused-ring (bicyclic) bond motifs is 1. The molecule has 5 heteroatoms. The summed E-state index contributed by atoms with van der Waals surface area (Å²) in [4.78, 5) is 0.991. The number of rotatable bonds is 2. The summed E-state index contributed by atoms with van der Waals surface area (Å²) in [6.45, 7) is 0. The van der Waals surface area contributed by atoms with Crippen molar-refractivity contribution in [3.63, 3.8) is 0 Å². The lowest BCUT2D eigenvalue weighted by Crippen LogP contribution is -1.90. The number of nitrogen functional groups attached to an aromatic ring is 1. The van der Waals surface area contributed by atoms with Crippen molar-refractivity contribution in [3.05, 3.63) is 48.7 Å². The summed E-state index contributed by atoms with van der Waals surface area (Å²) in [6.07, 6.45) is 1.94. The highest BCUT2D eigenvalue weighted by Gasteiger charge is 2.07. The van der Waals surface area contributed by atoms with Crippen molar-refractivity contribution in [2.75, 3.05) is 5.73 Å². The Morgan fingerprint density at radius 2 is 1.82 bits per heavy atom. The Labute approximate surface area is 102 Å². The summed E-state index contributed by atoms with van der Waals surface area (Å²) >= 11 is 1.51. The molecule has 0 spiro atoms. The molecule has 3 aromatic rings. The Balaban J connectivity index is 2.03. The van der Waals surface area contributed by atoms with Crippen molar-refractivity contribution >= 4 is 23.1 Å². The van der Waals surface area contributed by atoms with Gasteiger partial charge in [0.2, 0.25) is 0 Å². The summed E-state index contributed by atoms with van der Waals surface area (Å²) < 4.78 is 1.94. The summed E-state index contributed by atoms with van der Waals surface area (Å²) in [5.41, 5.74) is 7.50. The zero-order valence-corrected chi connectivity index (χ0v) is 9.76. The third-order valence-corrected chi connectivity index (χ3v) is 3.46. The molecule has 0 fully saturated rings. The van der Waals surface area contributed by atoms with Gasteiger partial charge in [-0.3, -0.25) is 4.40 Å². The molecule has 17 heavy (non-hydrogen) atoms. The van der Waals surface area contributed by atoms with Gasteiger partial charge >= 0.3 is 0 Å².